The van der Waals surface area contributed by atoms with Crippen molar-refractivity contribution in [2.45, 2.75) is 37.8 Å². The minimum Gasteiger partial charge on any atom is -0.482 e. The lowest BCUT2D eigenvalue weighted by molar-refractivity contribution is 0.227. The van der Waals surface area contributed by atoms with Crippen LogP contribution in [-0.2, 0) is 12.0 Å². The highest BCUT2D eigenvalue weighted by Gasteiger charge is 2.42. The van der Waals surface area contributed by atoms with Crippen LogP contribution in [0.3, 0.4) is 0 Å². The van der Waals surface area contributed by atoms with E-state index in [9.17, 15) is 0 Å². The van der Waals surface area contributed by atoms with Gasteiger partial charge in [-0.15, -0.1) is 0 Å². The highest BCUT2D eigenvalue weighted by molar-refractivity contribution is 5.64. The Morgan fingerprint density at radius 3 is 3.00 bits per heavy atom. The van der Waals surface area contributed by atoms with Gasteiger partial charge in [0.1, 0.15) is 6.10 Å². The number of nitrogen functional groups attached to an aromatic ring is 1. The fraction of sp³-hybridized carbons (Fsp3) is 0.381. The van der Waals surface area contributed by atoms with Crippen molar-refractivity contribution in [3.8, 4) is 17.0 Å². The summed E-state index contributed by atoms with van der Waals surface area (Å²) >= 11 is 0. The zero-order valence-electron chi connectivity index (χ0n) is 15.9. The van der Waals surface area contributed by atoms with Crippen LogP contribution in [0.2, 0.25) is 0 Å². The maximum Gasteiger partial charge on any atom is 0.166 e. The molecule has 3 aromatic rings. The third-order valence-electron chi connectivity index (χ3n) is 6.00. The first-order valence-corrected chi connectivity index (χ1v) is 9.76. The van der Waals surface area contributed by atoms with Crippen LogP contribution in [0.1, 0.15) is 37.1 Å². The molecule has 0 aromatic carbocycles. The van der Waals surface area contributed by atoms with Gasteiger partial charge in [-0.3, -0.25) is 9.67 Å². The van der Waals surface area contributed by atoms with Crippen LogP contribution >= 0.6 is 0 Å². The fourth-order valence-electron chi connectivity index (χ4n) is 4.34. The van der Waals surface area contributed by atoms with Crippen molar-refractivity contribution in [2.75, 3.05) is 18.8 Å². The molecule has 1 saturated heterocycles. The molecule has 28 heavy (non-hydrogen) atoms. The monoisotopic (exact) mass is 376 g/mol. The van der Waals surface area contributed by atoms with E-state index in [0.717, 1.165) is 36.5 Å². The average Bonchev–Trinajstić information content (AvgIpc) is 3.43. The number of nitrogens with two attached hydrogens (primary N) is 1. The molecular weight excluding hydrogens is 352 g/mol. The number of rotatable bonds is 4. The summed E-state index contributed by atoms with van der Waals surface area (Å²) in [7, 11) is 0. The van der Waals surface area contributed by atoms with Crippen molar-refractivity contribution in [1.82, 2.24) is 25.1 Å². The van der Waals surface area contributed by atoms with Gasteiger partial charge in [0, 0.05) is 53.9 Å². The Kier molecular flexibility index (Phi) is 4.05. The normalized spacial score (nSPS) is 21.8. The van der Waals surface area contributed by atoms with Crippen molar-refractivity contribution >= 4 is 5.82 Å². The third-order valence-corrected chi connectivity index (χ3v) is 6.00. The minimum absolute atomic E-state index is 0.173. The molecule has 0 bridgehead atoms. The topological polar surface area (TPSA) is 90.9 Å². The Morgan fingerprint density at radius 1 is 1.29 bits per heavy atom. The van der Waals surface area contributed by atoms with Gasteiger partial charge < -0.3 is 15.8 Å². The van der Waals surface area contributed by atoms with Gasteiger partial charge in [-0.25, -0.2) is 4.98 Å². The fourth-order valence-corrected chi connectivity index (χ4v) is 4.34. The first-order chi connectivity index (χ1) is 13.6. The lowest BCUT2D eigenvalue weighted by Crippen LogP contribution is -2.25. The molecule has 0 aliphatic carbocycles. The number of nitrogens with one attached hydrogen (secondary N) is 1. The number of hydrogen-bond acceptors (Lipinski definition) is 6. The molecule has 5 heterocycles. The lowest BCUT2D eigenvalue weighted by atomic mass is 9.82. The maximum absolute atomic E-state index is 6.09. The van der Waals surface area contributed by atoms with E-state index in [4.69, 9.17) is 15.6 Å². The molecule has 144 valence electrons. The molecule has 3 N–H and O–H groups in total. The van der Waals surface area contributed by atoms with E-state index in [2.05, 4.69) is 26.0 Å². The number of aryl methyl sites for hydroxylation is 1. The van der Waals surface area contributed by atoms with Crippen molar-refractivity contribution in [3.63, 3.8) is 0 Å². The van der Waals surface area contributed by atoms with Gasteiger partial charge in [-0.05, 0) is 44.5 Å². The van der Waals surface area contributed by atoms with Crippen LogP contribution in [0, 0.1) is 0 Å². The second-order valence-electron chi connectivity index (χ2n) is 7.75. The zero-order valence-corrected chi connectivity index (χ0v) is 15.9. The highest BCUT2D eigenvalue weighted by atomic mass is 16.5. The van der Waals surface area contributed by atoms with Crippen LogP contribution in [0.5, 0.6) is 5.75 Å². The van der Waals surface area contributed by atoms with Gasteiger partial charge in [0.2, 0.25) is 0 Å². The predicted octanol–water partition coefficient (Wildman–Crippen LogP) is 2.70. The minimum atomic E-state index is -0.173. The van der Waals surface area contributed by atoms with Crippen LogP contribution < -0.4 is 15.8 Å². The first-order valence-electron chi connectivity index (χ1n) is 9.76. The highest BCUT2D eigenvalue weighted by Crippen LogP contribution is 2.41. The Bertz CT molecular complexity index is 993. The summed E-state index contributed by atoms with van der Waals surface area (Å²) in [6.07, 6.45) is 7.49. The number of ether oxygens (including phenoxy) is 1. The Balaban J connectivity index is 1.44. The SMILES string of the molecule is CC(Oc1cc(-c2cc3n(n2)CC[C@@]32CCNC2)cnc1N)c1cccnc1. The second-order valence-corrected chi connectivity index (χ2v) is 7.75. The lowest BCUT2D eigenvalue weighted by Gasteiger charge is -2.20. The van der Waals surface area contributed by atoms with Crippen LogP contribution in [0.15, 0.2) is 42.9 Å². The Hall–Kier alpha value is -2.93. The number of anilines is 1. The average molecular weight is 376 g/mol. The number of nitrogens with zero attached hydrogens (tertiary/aromatic N) is 4. The molecular formula is C21H24N6O. The molecule has 5 rings (SSSR count). The maximum atomic E-state index is 6.09. The Labute approximate surface area is 164 Å². The van der Waals surface area contributed by atoms with E-state index < -0.39 is 0 Å². The molecule has 7 heteroatoms. The smallest absolute Gasteiger partial charge is 0.166 e. The summed E-state index contributed by atoms with van der Waals surface area (Å²) in [5.74, 6) is 0.946. The van der Waals surface area contributed by atoms with E-state index in [-0.39, 0.29) is 11.5 Å². The summed E-state index contributed by atoms with van der Waals surface area (Å²) in [4.78, 5) is 8.50. The third kappa shape index (κ3) is 2.82. The van der Waals surface area contributed by atoms with E-state index >= 15 is 0 Å². The van der Waals surface area contributed by atoms with Gasteiger partial charge >= 0.3 is 0 Å². The van der Waals surface area contributed by atoms with E-state index in [0.29, 0.717) is 11.6 Å². The molecule has 0 amide bonds. The zero-order chi connectivity index (χ0) is 19.1. The summed E-state index contributed by atoms with van der Waals surface area (Å²) in [5, 5.41) is 8.33. The number of fused-ring (bicyclic) bond motifs is 2. The molecule has 2 aliphatic heterocycles. The Morgan fingerprint density at radius 2 is 2.21 bits per heavy atom. The molecule has 1 unspecified atom stereocenters. The largest absolute Gasteiger partial charge is 0.482 e. The molecule has 0 radical (unpaired) electrons. The molecule has 0 saturated carbocycles. The molecule has 2 aliphatic rings. The second kappa shape index (κ2) is 6.60. The number of aromatic nitrogens is 4. The van der Waals surface area contributed by atoms with Gasteiger partial charge in [0.05, 0.1) is 5.69 Å². The molecule has 3 aromatic heterocycles. The van der Waals surface area contributed by atoms with Crippen LogP contribution in [-0.4, -0.2) is 32.8 Å². The van der Waals surface area contributed by atoms with Crippen molar-refractivity contribution in [2.24, 2.45) is 0 Å². The predicted molar refractivity (Wildman–Crippen MR) is 107 cm³/mol. The van der Waals surface area contributed by atoms with Crippen molar-refractivity contribution < 1.29 is 4.74 Å². The van der Waals surface area contributed by atoms with E-state index in [1.807, 2.05) is 25.1 Å². The first kappa shape index (κ1) is 17.2. The van der Waals surface area contributed by atoms with Crippen molar-refractivity contribution in [3.05, 3.63) is 54.1 Å². The van der Waals surface area contributed by atoms with Gasteiger partial charge in [-0.1, -0.05) is 6.07 Å². The molecule has 2 atom stereocenters. The molecule has 7 nitrogen and oxygen atoms in total. The van der Waals surface area contributed by atoms with Gasteiger partial charge in [0.15, 0.2) is 11.6 Å². The van der Waals surface area contributed by atoms with Crippen molar-refractivity contribution in [1.29, 1.82) is 0 Å². The van der Waals surface area contributed by atoms with Crippen LogP contribution in [0.4, 0.5) is 5.82 Å². The van der Waals surface area contributed by atoms with E-state index in [1.54, 1.807) is 18.6 Å². The molecule has 1 spiro atoms. The quantitative estimate of drug-likeness (QED) is 0.728. The molecule has 1 fully saturated rings. The van der Waals surface area contributed by atoms with Gasteiger partial charge in [-0.2, -0.15) is 5.10 Å². The summed E-state index contributed by atoms with van der Waals surface area (Å²) < 4.78 is 8.24. The van der Waals surface area contributed by atoms with Crippen LogP contribution in [0.25, 0.3) is 11.3 Å². The standard InChI is InChI=1S/C21H24N6O/c1-14(15-3-2-6-23-11-15)28-18-9-16(12-25-20(18)22)17-10-19-21(4-7-24-13-21)5-8-27(19)26-17/h2-3,6,9-12,14,24H,4-5,7-8,13H2,1H3,(H2,22,25)/t14?,21-/m1/s1. The summed E-state index contributed by atoms with van der Waals surface area (Å²) in [6, 6.07) is 8.03. The number of hydrogen-bond donors (Lipinski definition) is 2. The summed E-state index contributed by atoms with van der Waals surface area (Å²) in [5.41, 5.74) is 10.5. The number of pyridine rings is 2. The van der Waals surface area contributed by atoms with E-state index in [1.165, 1.54) is 18.5 Å². The van der Waals surface area contributed by atoms with Gasteiger partial charge in [0.25, 0.3) is 0 Å². The summed E-state index contributed by atoms with van der Waals surface area (Å²) in [6.45, 7) is 5.06.